The number of H-pyrrole nitrogens is 1. The minimum Gasteiger partial charge on any atom is -0.508 e. The third-order valence-electron chi connectivity index (χ3n) is 12.7. The number of fused-ring (bicyclic) bond motifs is 6. The molecule has 64 heavy (non-hydrogen) atoms. The number of aryl methyl sites for hydroxylation is 1. The SMILES string of the molecule is CCc1c2c(nc3ccc(O)cc13)-c1cc3c(c(=O)n1C2)COC(=O)C3(CC)C(COC(=O)NC)OCCn1ccc2cc(-n3c(-c4cc(C(C)C)c(O)cc4O)n[nH]c3=O)ccc21. The number of benzene rings is 3. The van der Waals surface area contributed by atoms with Crippen LogP contribution in [0.25, 0.3) is 50.3 Å². The van der Waals surface area contributed by atoms with Gasteiger partial charge in [-0.25, -0.2) is 24.2 Å². The molecule has 4 aromatic heterocycles. The Labute approximate surface area is 365 Å². The molecule has 2 unspecified atom stereocenters. The Balaban J connectivity index is 1.04. The summed E-state index contributed by atoms with van der Waals surface area (Å²) in [4.78, 5) is 59.4. The molecule has 0 spiro atoms. The zero-order valence-electron chi connectivity index (χ0n) is 35.9. The zero-order valence-corrected chi connectivity index (χ0v) is 35.9. The van der Waals surface area contributed by atoms with Crippen molar-refractivity contribution in [1.29, 1.82) is 0 Å². The highest BCUT2D eigenvalue weighted by Gasteiger charge is 2.53. The summed E-state index contributed by atoms with van der Waals surface area (Å²) >= 11 is 0. The first-order valence-corrected chi connectivity index (χ1v) is 21.2. The third kappa shape index (κ3) is 6.65. The fraction of sp³-hybridized carbons (Fsp3) is 0.319. The number of aromatic amines is 1. The number of phenolic OH excluding ortho intramolecular Hbond substituents is 3. The van der Waals surface area contributed by atoms with E-state index >= 15 is 0 Å². The van der Waals surface area contributed by atoms with Crippen LogP contribution in [0.3, 0.4) is 0 Å². The van der Waals surface area contributed by atoms with E-state index in [1.165, 1.54) is 17.7 Å². The van der Waals surface area contributed by atoms with Crippen molar-refractivity contribution in [1.82, 2.24) is 34.2 Å². The molecule has 2 aliphatic heterocycles. The Bertz CT molecular complexity index is 3160. The molecule has 2 aliphatic rings. The number of cyclic esters (lactones) is 1. The van der Waals surface area contributed by atoms with Gasteiger partial charge in [-0.1, -0.05) is 27.7 Å². The number of nitrogens with zero attached hydrogens (tertiary/aromatic N) is 5. The molecule has 0 saturated carbocycles. The molecule has 0 radical (unpaired) electrons. The molecule has 0 bridgehead atoms. The molecule has 9 rings (SSSR count). The van der Waals surface area contributed by atoms with Gasteiger partial charge in [-0.3, -0.25) is 9.59 Å². The number of ether oxygens (including phenoxy) is 3. The first-order valence-electron chi connectivity index (χ1n) is 21.2. The topological polar surface area (TPSA) is 225 Å². The van der Waals surface area contributed by atoms with Crippen LogP contribution in [-0.2, 0) is 50.5 Å². The summed E-state index contributed by atoms with van der Waals surface area (Å²) < 4.78 is 22.9. The van der Waals surface area contributed by atoms with Crippen LogP contribution in [0.4, 0.5) is 4.79 Å². The molecule has 7 aromatic rings. The smallest absolute Gasteiger partial charge is 0.406 e. The summed E-state index contributed by atoms with van der Waals surface area (Å²) in [6.07, 6.45) is 0.824. The van der Waals surface area contributed by atoms with Crippen LogP contribution in [0.2, 0.25) is 0 Å². The van der Waals surface area contributed by atoms with E-state index in [2.05, 4.69) is 15.5 Å². The minimum atomic E-state index is -1.56. The Morgan fingerprint density at radius 2 is 1.81 bits per heavy atom. The van der Waals surface area contributed by atoms with Gasteiger partial charge in [0.25, 0.3) is 5.56 Å². The fourth-order valence-corrected chi connectivity index (χ4v) is 9.45. The predicted octanol–water partition coefficient (Wildman–Crippen LogP) is 5.87. The second-order valence-corrected chi connectivity index (χ2v) is 16.4. The zero-order chi connectivity index (χ0) is 45.2. The predicted molar refractivity (Wildman–Crippen MR) is 236 cm³/mol. The van der Waals surface area contributed by atoms with Crippen LogP contribution in [0.5, 0.6) is 17.2 Å². The highest BCUT2D eigenvalue weighted by molar-refractivity contribution is 5.91. The molecule has 0 fully saturated rings. The van der Waals surface area contributed by atoms with E-state index in [0.717, 1.165) is 27.4 Å². The highest BCUT2D eigenvalue weighted by Crippen LogP contribution is 2.44. The Morgan fingerprint density at radius 1 is 1.00 bits per heavy atom. The number of carbonyl (C=O) groups excluding carboxylic acids is 2. The van der Waals surface area contributed by atoms with Gasteiger partial charge in [0.15, 0.2) is 5.82 Å². The van der Waals surface area contributed by atoms with Gasteiger partial charge in [0, 0.05) is 47.7 Å². The van der Waals surface area contributed by atoms with Crippen molar-refractivity contribution in [3.63, 3.8) is 0 Å². The molecule has 17 nitrogen and oxygen atoms in total. The average molecular weight is 870 g/mol. The molecule has 3 aromatic carbocycles. The van der Waals surface area contributed by atoms with E-state index in [1.54, 1.807) is 41.8 Å². The maximum absolute atomic E-state index is 14.5. The van der Waals surface area contributed by atoms with E-state index in [9.17, 15) is 34.5 Å². The quantitative estimate of drug-likeness (QED) is 0.0910. The number of nitrogens with one attached hydrogen (secondary N) is 2. The number of phenols is 3. The van der Waals surface area contributed by atoms with Gasteiger partial charge < -0.3 is 44.0 Å². The van der Waals surface area contributed by atoms with E-state index in [4.69, 9.17) is 19.2 Å². The maximum Gasteiger partial charge on any atom is 0.406 e. The normalized spacial score (nSPS) is 15.9. The van der Waals surface area contributed by atoms with Crippen molar-refractivity contribution < 1.29 is 39.1 Å². The summed E-state index contributed by atoms with van der Waals surface area (Å²) in [5.74, 6) is -0.678. The lowest BCUT2D eigenvalue weighted by Gasteiger charge is -2.41. The van der Waals surface area contributed by atoms with E-state index < -0.39 is 29.3 Å². The molecule has 1 amide bonds. The lowest BCUT2D eigenvalue weighted by molar-refractivity contribution is -0.165. The summed E-state index contributed by atoms with van der Waals surface area (Å²) in [5.41, 5.74) is 4.15. The molecule has 2 atom stereocenters. The van der Waals surface area contributed by atoms with Crippen LogP contribution < -0.4 is 16.6 Å². The van der Waals surface area contributed by atoms with E-state index in [-0.39, 0.29) is 72.9 Å². The second-order valence-electron chi connectivity index (χ2n) is 16.4. The number of esters is 1. The first-order chi connectivity index (χ1) is 30.8. The molecule has 0 aliphatic carbocycles. The van der Waals surface area contributed by atoms with Gasteiger partial charge in [-0.05, 0) is 90.0 Å². The number of aromatic hydroxyl groups is 3. The summed E-state index contributed by atoms with van der Waals surface area (Å²) in [6.45, 7) is 7.66. The van der Waals surface area contributed by atoms with Crippen LogP contribution in [-0.4, -0.2) is 82.6 Å². The van der Waals surface area contributed by atoms with Crippen molar-refractivity contribution in [2.45, 2.75) is 77.7 Å². The molecule has 17 heteroatoms. The molecular weight excluding hydrogens is 823 g/mol. The monoisotopic (exact) mass is 869 g/mol. The van der Waals surface area contributed by atoms with E-state index in [0.29, 0.717) is 52.2 Å². The van der Waals surface area contributed by atoms with E-state index in [1.807, 2.05) is 55.8 Å². The van der Waals surface area contributed by atoms with Gasteiger partial charge in [0.2, 0.25) is 0 Å². The number of alkyl carbamates (subject to hydrolysis) is 1. The van der Waals surface area contributed by atoms with Gasteiger partial charge in [0.05, 0.1) is 46.9 Å². The van der Waals surface area contributed by atoms with Crippen molar-refractivity contribution >= 4 is 33.9 Å². The molecule has 330 valence electrons. The van der Waals surface area contributed by atoms with Crippen LogP contribution in [0, 0.1) is 0 Å². The van der Waals surface area contributed by atoms with Crippen molar-refractivity contribution in [3.05, 3.63) is 116 Å². The van der Waals surface area contributed by atoms with Crippen LogP contribution >= 0.6 is 0 Å². The number of hydrogen-bond donors (Lipinski definition) is 5. The molecule has 5 N–H and O–H groups in total. The number of hydrogen-bond acceptors (Lipinski definition) is 12. The van der Waals surface area contributed by atoms with Gasteiger partial charge in [-0.2, -0.15) is 5.10 Å². The number of amides is 1. The molecule has 6 heterocycles. The van der Waals surface area contributed by atoms with Crippen molar-refractivity contribution in [2.75, 3.05) is 20.3 Å². The number of carbonyl (C=O) groups is 2. The summed E-state index contributed by atoms with van der Waals surface area (Å²) in [6, 6.07) is 17.0. The van der Waals surface area contributed by atoms with Gasteiger partial charge in [-0.15, -0.1) is 0 Å². The number of aromatic nitrogens is 6. The minimum absolute atomic E-state index is 0.0499. The summed E-state index contributed by atoms with van der Waals surface area (Å²) in [5, 5.41) is 42.2. The van der Waals surface area contributed by atoms with Gasteiger partial charge in [0.1, 0.15) is 42.0 Å². The first kappa shape index (κ1) is 41.9. The largest absolute Gasteiger partial charge is 0.508 e. The second kappa shape index (κ2) is 16.1. The third-order valence-corrected chi connectivity index (χ3v) is 12.7. The molecular formula is C47H47N7O10. The fourth-order valence-electron chi connectivity index (χ4n) is 9.45. The Hall–Kier alpha value is -7.40. The Kier molecular flexibility index (Phi) is 10.5. The summed E-state index contributed by atoms with van der Waals surface area (Å²) in [7, 11) is 1.43. The standard InChI is InChI=1S/C47H47N7O10/c1-6-28-30-17-27(55)9-10-35(30)49-41-32(28)21-53-37(41)19-34-33(43(53)58)22-63-44(59)47(34,7-2)40(23-64-46(61)48-5)62-15-14-52-13-12-25-16-26(8-11-36(25)52)54-42(50-51-45(54)60)31-18-29(24(3)4)38(56)20-39(31)57/h8-13,16-20,24,40,55-57H,6-7,14-15,21-23H2,1-5H3,(H,48,61)(H,51,60). The number of pyridine rings is 2. The van der Waals surface area contributed by atoms with Crippen LogP contribution in [0.15, 0.2) is 76.4 Å². The van der Waals surface area contributed by atoms with Crippen molar-refractivity contribution in [3.8, 4) is 45.7 Å². The Morgan fingerprint density at radius 3 is 2.56 bits per heavy atom. The molecule has 0 saturated heterocycles. The lowest BCUT2D eigenvalue weighted by Crippen LogP contribution is -2.55. The number of rotatable bonds is 12. The van der Waals surface area contributed by atoms with Crippen LogP contribution in [0.1, 0.15) is 67.9 Å². The maximum atomic E-state index is 14.5. The lowest BCUT2D eigenvalue weighted by atomic mass is 9.70. The van der Waals surface area contributed by atoms with Crippen molar-refractivity contribution in [2.24, 2.45) is 0 Å². The van der Waals surface area contributed by atoms with Gasteiger partial charge >= 0.3 is 17.8 Å². The average Bonchev–Trinajstić information content (AvgIpc) is 3.98. The highest BCUT2D eigenvalue weighted by atomic mass is 16.6.